The molecule has 0 radical (unpaired) electrons. The average Bonchev–Trinajstić information content (AvgIpc) is 2.86. The summed E-state index contributed by atoms with van der Waals surface area (Å²) in [6.07, 6.45) is 2.71. The van der Waals surface area contributed by atoms with E-state index in [0.717, 1.165) is 23.7 Å². The highest BCUT2D eigenvalue weighted by Gasteiger charge is 2.11. The van der Waals surface area contributed by atoms with Crippen molar-refractivity contribution in [3.05, 3.63) is 23.3 Å². The summed E-state index contributed by atoms with van der Waals surface area (Å²) in [6.45, 7) is 2.93. The van der Waals surface area contributed by atoms with Crippen molar-refractivity contribution in [2.24, 2.45) is 0 Å². The molecule has 0 saturated carbocycles. The second-order valence-electron chi connectivity index (χ2n) is 3.65. The van der Waals surface area contributed by atoms with Crippen molar-refractivity contribution >= 4 is 17.3 Å². The highest BCUT2D eigenvalue weighted by atomic mass is 32.1. The molecule has 0 saturated heterocycles. The van der Waals surface area contributed by atoms with Crippen molar-refractivity contribution in [3.8, 4) is 10.7 Å². The Hall–Kier alpha value is -1.69. The van der Waals surface area contributed by atoms with Gasteiger partial charge in [0.05, 0.1) is 17.8 Å². The van der Waals surface area contributed by atoms with Crippen molar-refractivity contribution in [2.45, 2.75) is 26.3 Å². The van der Waals surface area contributed by atoms with Gasteiger partial charge in [-0.2, -0.15) is 5.10 Å². The number of carboxylic acids is 1. The summed E-state index contributed by atoms with van der Waals surface area (Å²) < 4.78 is 1.89. The first-order valence-electron chi connectivity index (χ1n) is 5.39. The average molecular weight is 251 g/mol. The maximum atomic E-state index is 10.6. The van der Waals surface area contributed by atoms with E-state index in [2.05, 4.69) is 17.0 Å². The molecule has 0 atom stereocenters. The molecule has 0 fully saturated rings. The van der Waals surface area contributed by atoms with Crippen LogP contribution >= 0.6 is 11.3 Å². The molecule has 0 aromatic carbocycles. The molecule has 0 aliphatic rings. The zero-order chi connectivity index (χ0) is 12.3. The number of aromatic nitrogens is 3. The van der Waals surface area contributed by atoms with Gasteiger partial charge in [-0.25, -0.2) is 4.98 Å². The molecular weight excluding hydrogens is 238 g/mol. The van der Waals surface area contributed by atoms with Gasteiger partial charge in [0.25, 0.3) is 0 Å². The van der Waals surface area contributed by atoms with Crippen LogP contribution in [-0.4, -0.2) is 25.8 Å². The Morgan fingerprint density at radius 1 is 1.59 bits per heavy atom. The molecule has 0 unspecified atom stereocenters. The zero-order valence-electron chi connectivity index (χ0n) is 9.46. The SMILES string of the molecule is CCCn1nccc1-c1nc(CC(=O)O)cs1. The first-order valence-corrected chi connectivity index (χ1v) is 6.27. The van der Waals surface area contributed by atoms with Crippen LogP contribution in [0.25, 0.3) is 10.7 Å². The maximum absolute atomic E-state index is 10.6. The predicted octanol–water partition coefficient (Wildman–Crippen LogP) is 2.04. The van der Waals surface area contributed by atoms with Gasteiger partial charge in [0.15, 0.2) is 0 Å². The Morgan fingerprint density at radius 2 is 2.41 bits per heavy atom. The summed E-state index contributed by atoms with van der Waals surface area (Å²) in [5.74, 6) is -0.857. The molecule has 0 amide bonds. The number of carboxylic acid groups (broad SMARTS) is 1. The van der Waals surface area contributed by atoms with Crippen LogP contribution in [0.4, 0.5) is 0 Å². The number of aliphatic carboxylic acids is 1. The van der Waals surface area contributed by atoms with E-state index in [9.17, 15) is 4.79 Å². The van der Waals surface area contributed by atoms with Gasteiger partial charge in [-0.1, -0.05) is 6.92 Å². The lowest BCUT2D eigenvalue weighted by molar-refractivity contribution is -0.136. The molecule has 1 N–H and O–H groups in total. The van der Waals surface area contributed by atoms with E-state index in [1.807, 2.05) is 10.7 Å². The first-order chi connectivity index (χ1) is 8.20. The highest BCUT2D eigenvalue weighted by molar-refractivity contribution is 7.13. The molecule has 6 heteroatoms. The smallest absolute Gasteiger partial charge is 0.309 e. The minimum Gasteiger partial charge on any atom is -0.481 e. The maximum Gasteiger partial charge on any atom is 0.309 e. The van der Waals surface area contributed by atoms with E-state index in [-0.39, 0.29) is 6.42 Å². The van der Waals surface area contributed by atoms with Crippen molar-refractivity contribution in [1.82, 2.24) is 14.8 Å². The largest absolute Gasteiger partial charge is 0.481 e. The van der Waals surface area contributed by atoms with Crippen LogP contribution in [0.2, 0.25) is 0 Å². The molecule has 0 aliphatic carbocycles. The van der Waals surface area contributed by atoms with Gasteiger partial charge in [-0.05, 0) is 12.5 Å². The Bertz CT molecular complexity index is 518. The number of hydrogen-bond donors (Lipinski definition) is 1. The second kappa shape index (κ2) is 5.09. The number of nitrogens with zero attached hydrogens (tertiary/aromatic N) is 3. The van der Waals surface area contributed by atoms with Crippen LogP contribution in [0.3, 0.4) is 0 Å². The van der Waals surface area contributed by atoms with Gasteiger partial charge in [0.1, 0.15) is 5.01 Å². The summed E-state index contributed by atoms with van der Waals surface area (Å²) in [7, 11) is 0. The van der Waals surface area contributed by atoms with Gasteiger partial charge in [0, 0.05) is 18.1 Å². The Morgan fingerprint density at radius 3 is 3.12 bits per heavy atom. The highest BCUT2D eigenvalue weighted by Crippen LogP contribution is 2.23. The van der Waals surface area contributed by atoms with Crippen molar-refractivity contribution in [2.75, 3.05) is 0 Å². The summed E-state index contributed by atoms with van der Waals surface area (Å²) in [4.78, 5) is 14.9. The normalized spacial score (nSPS) is 10.6. The first kappa shape index (κ1) is 11.8. The fourth-order valence-electron chi connectivity index (χ4n) is 1.57. The molecular formula is C11H13N3O2S. The molecule has 0 bridgehead atoms. The molecule has 5 nitrogen and oxygen atoms in total. The molecule has 2 aromatic rings. The summed E-state index contributed by atoms with van der Waals surface area (Å²) in [6, 6.07) is 1.90. The molecule has 0 aliphatic heterocycles. The fourth-order valence-corrected chi connectivity index (χ4v) is 2.41. The third-order valence-corrected chi connectivity index (χ3v) is 3.17. The Kier molecular flexibility index (Phi) is 3.53. The van der Waals surface area contributed by atoms with Gasteiger partial charge in [-0.3, -0.25) is 9.48 Å². The van der Waals surface area contributed by atoms with E-state index in [0.29, 0.717) is 5.69 Å². The molecule has 2 rings (SSSR count). The summed E-state index contributed by atoms with van der Waals surface area (Å²) in [5, 5.41) is 15.5. The zero-order valence-corrected chi connectivity index (χ0v) is 10.3. The monoisotopic (exact) mass is 251 g/mol. The number of thiazole rings is 1. The van der Waals surface area contributed by atoms with E-state index in [1.54, 1.807) is 11.6 Å². The lowest BCUT2D eigenvalue weighted by Crippen LogP contribution is -2.02. The molecule has 90 valence electrons. The van der Waals surface area contributed by atoms with Gasteiger partial charge in [-0.15, -0.1) is 11.3 Å². The number of carbonyl (C=O) groups is 1. The lowest BCUT2D eigenvalue weighted by atomic mass is 10.3. The van der Waals surface area contributed by atoms with Crippen molar-refractivity contribution in [3.63, 3.8) is 0 Å². The quantitative estimate of drug-likeness (QED) is 0.883. The van der Waals surface area contributed by atoms with Gasteiger partial charge in [0.2, 0.25) is 0 Å². The fraction of sp³-hybridized carbons (Fsp3) is 0.364. The standard InChI is InChI=1S/C11H13N3O2S/c1-2-5-14-9(3-4-12-14)11-13-8(7-17-11)6-10(15)16/h3-4,7H,2,5-6H2,1H3,(H,15,16). The molecule has 2 heterocycles. The number of aryl methyl sites for hydroxylation is 1. The van der Waals surface area contributed by atoms with E-state index in [1.165, 1.54) is 11.3 Å². The summed E-state index contributed by atoms with van der Waals surface area (Å²) in [5.41, 5.74) is 1.55. The predicted molar refractivity (Wildman–Crippen MR) is 65.0 cm³/mol. The van der Waals surface area contributed by atoms with E-state index in [4.69, 9.17) is 5.11 Å². The van der Waals surface area contributed by atoms with Crippen LogP contribution in [0.5, 0.6) is 0 Å². The number of hydrogen-bond acceptors (Lipinski definition) is 4. The third-order valence-electron chi connectivity index (χ3n) is 2.26. The molecule has 17 heavy (non-hydrogen) atoms. The van der Waals surface area contributed by atoms with Gasteiger partial charge < -0.3 is 5.11 Å². The molecule has 2 aromatic heterocycles. The Balaban J connectivity index is 2.24. The lowest BCUT2D eigenvalue weighted by Gasteiger charge is -2.02. The van der Waals surface area contributed by atoms with Crippen LogP contribution in [0.1, 0.15) is 19.0 Å². The number of rotatable bonds is 5. The topological polar surface area (TPSA) is 68.0 Å². The van der Waals surface area contributed by atoms with Crippen LogP contribution in [0, 0.1) is 0 Å². The van der Waals surface area contributed by atoms with Crippen LogP contribution in [0.15, 0.2) is 17.6 Å². The van der Waals surface area contributed by atoms with Crippen molar-refractivity contribution in [1.29, 1.82) is 0 Å². The van der Waals surface area contributed by atoms with Crippen LogP contribution in [-0.2, 0) is 17.8 Å². The third kappa shape index (κ3) is 2.71. The van der Waals surface area contributed by atoms with E-state index < -0.39 is 5.97 Å². The van der Waals surface area contributed by atoms with Crippen molar-refractivity contribution < 1.29 is 9.90 Å². The minimum atomic E-state index is -0.857. The Labute approximate surface area is 103 Å². The van der Waals surface area contributed by atoms with E-state index >= 15 is 0 Å². The second-order valence-corrected chi connectivity index (χ2v) is 4.51. The van der Waals surface area contributed by atoms with Crippen LogP contribution < -0.4 is 0 Å². The minimum absolute atomic E-state index is 0.0294. The summed E-state index contributed by atoms with van der Waals surface area (Å²) >= 11 is 1.45. The van der Waals surface area contributed by atoms with Gasteiger partial charge >= 0.3 is 5.97 Å². The molecule has 0 spiro atoms.